The first kappa shape index (κ1) is 17.9. The Kier molecular flexibility index (Phi) is 4.79. The molecule has 0 bridgehead atoms. The molecule has 140 valence electrons. The number of benzene rings is 1. The second kappa shape index (κ2) is 7.24. The van der Waals surface area contributed by atoms with E-state index in [2.05, 4.69) is 20.3 Å². The van der Waals surface area contributed by atoms with Crippen molar-refractivity contribution in [2.75, 3.05) is 11.9 Å². The topological polar surface area (TPSA) is 59.9 Å². The molecule has 9 heteroatoms. The molecule has 1 fully saturated rings. The monoisotopic (exact) mass is 392 g/mol. The molecule has 3 aromatic rings. The molecule has 0 saturated carbocycles. The van der Waals surface area contributed by atoms with E-state index < -0.39 is 11.9 Å². The van der Waals surface area contributed by atoms with Crippen LogP contribution in [0.3, 0.4) is 0 Å². The van der Waals surface area contributed by atoms with Crippen LogP contribution in [-0.4, -0.2) is 21.6 Å². The molecule has 0 aliphatic carbocycles. The van der Waals surface area contributed by atoms with E-state index in [1.165, 1.54) is 0 Å². The van der Waals surface area contributed by atoms with Crippen molar-refractivity contribution in [1.82, 2.24) is 15.0 Å². The molecule has 0 radical (unpaired) electrons. The number of anilines is 2. The van der Waals surface area contributed by atoms with Gasteiger partial charge >= 0.3 is 6.18 Å². The lowest BCUT2D eigenvalue weighted by molar-refractivity contribution is -0.141. The molecule has 1 unspecified atom stereocenters. The smallest absolute Gasteiger partial charge is 0.371 e. The fourth-order valence-electron chi connectivity index (χ4n) is 2.80. The van der Waals surface area contributed by atoms with E-state index in [4.69, 9.17) is 4.74 Å². The van der Waals surface area contributed by atoms with E-state index in [0.717, 1.165) is 47.2 Å². The number of nitrogens with one attached hydrogen (secondary N) is 1. The largest absolute Gasteiger partial charge is 0.433 e. The molecule has 4 rings (SSSR count). The number of halogens is 3. The van der Waals surface area contributed by atoms with Gasteiger partial charge in [-0.2, -0.15) is 13.2 Å². The van der Waals surface area contributed by atoms with Gasteiger partial charge in [0.25, 0.3) is 0 Å². The molecule has 2 aromatic heterocycles. The molecule has 1 aliphatic heterocycles. The lowest BCUT2D eigenvalue weighted by Gasteiger charge is -2.09. The Morgan fingerprint density at radius 3 is 2.85 bits per heavy atom. The van der Waals surface area contributed by atoms with Gasteiger partial charge in [0, 0.05) is 24.7 Å². The maximum atomic E-state index is 12.8. The quantitative estimate of drug-likeness (QED) is 0.660. The molecule has 1 aliphatic rings. The third-order valence-corrected chi connectivity index (χ3v) is 5.22. The Hall–Kier alpha value is -2.52. The lowest BCUT2D eigenvalue weighted by atomic mass is 10.2. The van der Waals surface area contributed by atoms with E-state index in [1.807, 2.05) is 18.2 Å². The second-order valence-electron chi connectivity index (χ2n) is 6.03. The number of ether oxygens (including phenoxy) is 1. The number of aromatic nitrogens is 3. The Balaban J connectivity index is 1.55. The summed E-state index contributed by atoms with van der Waals surface area (Å²) >= 11 is 1.56. The van der Waals surface area contributed by atoms with Crippen LogP contribution in [0.2, 0.25) is 0 Å². The summed E-state index contributed by atoms with van der Waals surface area (Å²) in [6.45, 7) is 0.760. The first-order valence-corrected chi connectivity index (χ1v) is 9.16. The van der Waals surface area contributed by atoms with Gasteiger partial charge in [-0.1, -0.05) is 12.1 Å². The first-order valence-electron chi connectivity index (χ1n) is 8.34. The average Bonchev–Trinajstić information content (AvgIpc) is 3.33. The highest BCUT2D eigenvalue weighted by Gasteiger charge is 2.32. The van der Waals surface area contributed by atoms with Crippen LogP contribution in [0.4, 0.5) is 24.8 Å². The van der Waals surface area contributed by atoms with Crippen molar-refractivity contribution in [1.29, 1.82) is 0 Å². The molecular weight excluding hydrogens is 377 g/mol. The maximum Gasteiger partial charge on any atom is 0.433 e. The van der Waals surface area contributed by atoms with E-state index in [0.29, 0.717) is 5.69 Å². The van der Waals surface area contributed by atoms with Gasteiger partial charge in [0.05, 0.1) is 4.88 Å². The molecule has 3 heterocycles. The van der Waals surface area contributed by atoms with Crippen molar-refractivity contribution in [2.24, 2.45) is 0 Å². The minimum atomic E-state index is -4.51. The summed E-state index contributed by atoms with van der Waals surface area (Å²) in [4.78, 5) is 12.8. The zero-order valence-corrected chi connectivity index (χ0v) is 14.8. The van der Waals surface area contributed by atoms with Crippen LogP contribution in [0.5, 0.6) is 0 Å². The van der Waals surface area contributed by atoms with Crippen molar-refractivity contribution < 1.29 is 17.9 Å². The van der Waals surface area contributed by atoms with Crippen LogP contribution in [0, 0.1) is 0 Å². The summed E-state index contributed by atoms with van der Waals surface area (Å²) in [6, 6.07) is 8.15. The van der Waals surface area contributed by atoms with Crippen LogP contribution >= 0.6 is 11.3 Å². The predicted octanol–water partition coefficient (Wildman–Crippen LogP) is 5.21. The Morgan fingerprint density at radius 2 is 2.07 bits per heavy atom. The van der Waals surface area contributed by atoms with Gasteiger partial charge in [-0.25, -0.2) is 15.0 Å². The van der Waals surface area contributed by atoms with Crippen molar-refractivity contribution in [3.63, 3.8) is 0 Å². The summed E-state index contributed by atoms with van der Waals surface area (Å²) in [6.07, 6.45) is 0.434. The second-order valence-corrected chi connectivity index (χ2v) is 7.10. The molecule has 5 nitrogen and oxygen atoms in total. The number of rotatable bonds is 4. The number of alkyl halides is 3. The molecule has 1 aromatic carbocycles. The van der Waals surface area contributed by atoms with Crippen LogP contribution < -0.4 is 5.32 Å². The average molecular weight is 392 g/mol. The Morgan fingerprint density at radius 1 is 1.19 bits per heavy atom. The number of nitrogens with zero attached hydrogens (tertiary/aromatic N) is 3. The minimum Gasteiger partial charge on any atom is -0.371 e. The maximum absolute atomic E-state index is 12.8. The molecule has 1 atom stereocenters. The van der Waals surface area contributed by atoms with Gasteiger partial charge in [0.2, 0.25) is 5.95 Å². The number of hydrogen-bond acceptors (Lipinski definition) is 6. The summed E-state index contributed by atoms with van der Waals surface area (Å²) in [5.74, 6) is -0.105. The highest BCUT2D eigenvalue weighted by molar-refractivity contribution is 7.15. The van der Waals surface area contributed by atoms with E-state index >= 15 is 0 Å². The van der Waals surface area contributed by atoms with Crippen molar-refractivity contribution in [3.8, 4) is 10.4 Å². The van der Waals surface area contributed by atoms with Crippen molar-refractivity contribution >= 4 is 23.0 Å². The highest BCUT2D eigenvalue weighted by atomic mass is 32.1. The van der Waals surface area contributed by atoms with E-state index in [1.54, 1.807) is 23.6 Å². The van der Waals surface area contributed by atoms with Crippen molar-refractivity contribution in [2.45, 2.75) is 25.1 Å². The third kappa shape index (κ3) is 4.09. The summed E-state index contributed by atoms with van der Waals surface area (Å²) in [5.41, 5.74) is 0.521. The van der Waals surface area contributed by atoms with Gasteiger partial charge < -0.3 is 10.1 Å². The number of thiazole rings is 1. The van der Waals surface area contributed by atoms with Crippen LogP contribution in [0.25, 0.3) is 10.4 Å². The van der Waals surface area contributed by atoms with Crippen LogP contribution in [0.15, 0.2) is 42.7 Å². The summed E-state index contributed by atoms with van der Waals surface area (Å²) in [7, 11) is 0. The fraction of sp³-hybridized carbons (Fsp3) is 0.278. The zero-order chi connectivity index (χ0) is 18.9. The molecule has 1 saturated heterocycles. The summed E-state index contributed by atoms with van der Waals surface area (Å²) in [5, 5.41) is 3.77. The van der Waals surface area contributed by atoms with Crippen LogP contribution in [0.1, 0.15) is 29.6 Å². The minimum absolute atomic E-state index is 0.0589. The van der Waals surface area contributed by atoms with Gasteiger partial charge in [0.1, 0.15) is 16.8 Å². The van der Waals surface area contributed by atoms with E-state index in [-0.39, 0.29) is 12.1 Å². The van der Waals surface area contributed by atoms with Gasteiger partial charge in [-0.3, -0.25) is 0 Å². The Bertz CT molecular complexity index is 938. The van der Waals surface area contributed by atoms with Crippen molar-refractivity contribution in [3.05, 3.63) is 53.4 Å². The van der Waals surface area contributed by atoms with E-state index in [9.17, 15) is 13.2 Å². The SMILES string of the molecule is FC(F)(F)c1ccnc(Nc2cccc(-c3cnc(C4CCCO4)s3)c2)n1. The van der Waals surface area contributed by atoms with Crippen LogP contribution in [-0.2, 0) is 10.9 Å². The highest BCUT2D eigenvalue weighted by Crippen LogP contribution is 2.36. The molecule has 1 N–H and O–H groups in total. The standard InChI is InChI=1S/C18H15F3N4OS/c19-18(20,21)15-6-7-22-17(25-15)24-12-4-1-3-11(9-12)14-10-23-16(27-14)13-5-2-8-26-13/h1,3-4,6-7,9-10,13H,2,5,8H2,(H,22,24,25). The predicted molar refractivity (Wildman–Crippen MR) is 95.8 cm³/mol. The Labute approximate surface area is 157 Å². The molecule has 0 spiro atoms. The first-order chi connectivity index (χ1) is 13.0. The van der Waals surface area contributed by atoms with Gasteiger partial charge in [-0.05, 0) is 36.6 Å². The normalized spacial score (nSPS) is 17.2. The fourth-order valence-corrected chi connectivity index (χ4v) is 3.80. The number of hydrogen-bond donors (Lipinski definition) is 1. The summed E-state index contributed by atoms with van der Waals surface area (Å²) < 4.78 is 44.0. The lowest BCUT2D eigenvalue weighted by Crippen LogP contribution is -2.10. The van der Waals surface area contributed by atoms with Gasteiger partial charge in [0.15, 0.2) is 0 Å². The van der Waals surface area contributed by atoms with Gasteiger partial charge in [-0.15, -0.1) is 11.3 Å². The zero-order valence-electron chi connectivity index (χ0n) is 14.0. The molecular formula is C18H15F3N4OS. The molecule has 0 amide bonds. The third-order valence-electron chi connectivity index (χ3n) is 4.08. The molecule has 27 heavy (non-hydrogen) atoms.